The van der Waals surface area contributed by atoms with Gasteiger partial charge in [-0.1, -0.05) is 89.8 Å². The lowest BCUT2D eigenvalue weighted by Gasteiger charge is -2.36. The molecule has 2 bridgehead atoms. The van der Waals surface area contributed by atoms with Gasteiger partial charge in [0.1, 0.15) is 0 Å². The van der Waals surface area contributed by atoms with Crippen molar-refractivity contribution in [2.45, 2.75) is 121 Å². The Balaban J connectivity index is 1.37. The third-order valence-electron chi connectivity index (χ3n) is 7.31. The maximum absolute atomic E-state index is 5.39. The molecule has 2 aliphatic rings. The van der Waals surface area contributed by atoms with Gasteiger partial charge in [-0.05, 0) is 43.6 Å². The van der Waals surface area contributed by atoms with E-state index in [0.29, 0.717) is 0 Å². The molecule has 0 aliphatic heterocycles. The van der Waals surface area contributed by atoms with Crippen LogP contribution in [0.3, 0.4) is 0 Å². The van der Waals surface area contributed by atoms with Gasteiger partial charge < -0.3 is 4.74 Å². The highest BCUT2D eigenvalue weighted by Gasteiger charge is 2.46. The van der Waals surface area contributed by atoms with Crippen molar-refractivity contribution >= 4 is 8.07 Å². The van der Waals surface area contributed by atoms with Crippen LogP contribution in [0.25, 0.3) is 0 Å². The van der Waals surface area contributed by atoms with Gasteiger partial charge in [0.25, 0.3) is 0 Å². The Bertz CT molecular complexity index is 341. The van der Waals surface area contributed by atoms with Gasteiger partial charge in [0.15, 0.2) is 0 Å². The number of unbranched alkanes of at least 4 members (excludes halogenated alkanes) is 9. The molecule has 0 amide bonds. The van der Waals surface area contributed by atoms with E-state index in [-0.39, 0.29) is 0 Å². The molecule has 3 unspecified atom stereocenters. The summed E-state index contributed by atoms with van der Waals surface area (Å²) in [5.41, 5.74) is 1.19. The second-order valence-corrected chi connectivity index (χ2v) is 15.0. The van der Waals surface area contributed by atoms with Gasteiger partial charge in [0, 0.05) is 13.2 Å². The minimum absolute atomic E-state index is 0.876. The second-order valence-electron chi connectivity index (χ2n) is 9.75. The van der Waals surface area contributed by atoms with Gasteiger partial charge in [-0.3, -0.25) is 0 Å². The van der Waals surface area contributed by atoms with Gasteiger partial charge in [-0.15, -0.1) is 0 Å². The quantitative estimate of drug-likeness (QED) is 0.212. The van der Waals surface area contributed by atoms with E-state index in [1.165, 1.54) is 69.7 Å². The summed E-state index contributed by atoms with van der Waals surface area (Å²) in [7, 11) is -0.934. The predicted molar refractivity (Wildman–Crippen MR) is 114 cm³/mol. The maximum Gasteiger partial charge on any atom is 0.0507 e. The minimum Gasteiger partial charge on any atom is -0.382 e. The molecule has 0 radical (unpaired) electrons. The van der Waals surface area contributed by atoms with E-state index in [1.807, 2.05) is 0 Å². The van der Waals surface area contributed by atoms with Crippen molar-refractivity contribution in [1.29, 1.82) is 0 Å². The summed E-state index contributed by atoms with van der Waals surface area (Å²) in [6.45, 7) is 9.36. The van der Waals surface area contributed by atoms with E-state index in [4.69, 9.17) is 4.74 Å². The third-order valence-corrected chi connectivity index (χ3v) is 11.7. The van der Waals surface area contributed by atoms with E-state index in [1.54, 1.807) is 31.7 Å². The molecule has 0 N–H and O–H groups in total. The molecular formula is C23H46OSi. The molecule has 0 aromatic rings. The summed E-state index contributed by atoms with van der Waals surface area (Å²) in [4.78, 5) is 0. The Hall–Kier alpha value is 0.177. The van der Waals surface area contributed by atoms with Crippen LogP contribution in [0.2, 0.25) is 24.7 Å². The fourth-order valence-corrected chi connectivity index (χ4v) is 9.81. The van der Waals surface area contributed by atoms with Crippen LogP contribution < -0.4 is 0 Å². The highest BCUT2D eigenvalue weighted by Crippen LogP contribution is 2.56. The minimum atomic E-state index is -0.934. The largest absolute Gasteiger partial charge is 0.382 e. The van der Waals surface area contributed by atoms with Crippen molar-refractivity contribution in [3.63, 3.8) is 0 Å². The zero-order valence-electron chi connectivity index (χ0n) is 17.7. The van der Waals surface area contributed by atoms with E-state index < -0.39 is 8.07 Å². The molecule has 0 saturated heterocycles. The van der Waals surface area contributed by atoms with Gasteiger partial charge in [-0.2, -0.15) is 0 Å². The first-order valence-corrected chi connectivity index (χ1v) is 15.0. The zero-order chi connectivity index (χ0) is 18.0. The Morgan fingerprint density at radius 2 is 1.36 bits per heavy atom. The van der Waals surface area contributed by atoms with Crippen molar-refractivity contribution in [2.24, 2.45) is 11.8 Å². The Kier molecular flexibility index (Phi) is 10.1. The maximum atomic E-state index is 5.39. The van der Waals surface area contributed by atoms with E-state index in [2.05, 4.69) is 20.0 Å². The standard InChI is InChI=1S/C23H46OSi/c1-4-24-17-13-11-9-7-5-6-8-10-12-14-18-25(2,3)23-20-21-15-16-22(23)19-21/h21-23H,4-20H2,1-3H3. The Labute approximate surface area is 159 Å². The van der Waals surface area contributed by atoms with Gasteiger partial charge >= 0.3 is 0 Å². The average Bonchev–Trinajstić information content (AvgIpc) is 3.22. The van der Waals surface area contributed by atoms with Crippen LogP contribution in [0, 0.1) is 11.8 Å². The normalized spacial score (nSPS) is 25.8. The van der Waals surface area contributed by atoms with E-state index in [0.717, 1.165) is 25.0 Å². The van der Waals surface area contributed by atoms with E-state index >= 15 is 0 Å². The van der Waals surface area contributed by atoms with Crippen molar-refractivity contribution < 1.29 is 4.74 Å². The topological polar surface area (TPSA) is 9.23 Å². The monoisotopic (exact) mass is 366 g/mol. The summed E-state index contributed by atoms with van der Waals surface area (Å²) < 4.78 is 5.39. The summed E-state index contributed by atoms with van der Waals surface area (Å²) >= 11 is 0. The first kappa shape index (κ1) is 21.5. The molecule has 0 heterocycles. The summed E-state index contributed by atoms with van der Waals surface area (Å²) in [5, 5.41) is 0. The third kappa shape index (κ3) is 7.75. The number of ether oxygens (including phenoxy) is 1. The molecule has 0 spiro atoms. The molecular weight excluding hydrogens is 320 g/mol. The summed E-state index contributed by atoms with van der Waals surface area (Å²) in [6.07, 6.45) is 20.8. The summed E-state index contributed by atoms with van der Waals surface area (Å²) in [6, 6.07) is 1.61. The molecule has 0 aromatic heterocycles. The van der Waals surface area contributed by atoms with Gasteiger partial charge in [0.2, 0.25) is 0 Å². The zero-order valence-corrected chi connectivity index (χ0v) is 18.7. The number of hydrogen-bond donors (Lipinski definition) is 0. The van der Waals surface area contributed by atoms with E-state index in [9.17, 15) is 0 Å². The first-order valence-electron chi connectivity index (χ1n) is 11.7. The molecule has 148 valence electrons. The Morgan fingerprint density at radius 3 is 1.88 bits per heavy atom. The number of rotatable bonds is 15. The van der Waals surface area contributed by atoms with Crippen molar-refractivity contribution in [3.05, 3.63) is 0 Å². The molecule has 3 atom stereocenters. The molecule has 2 heteroatoms. The van der Waals surface area contributed by atoms with Crippen LogP contribution in [-0.2, 0) is 4.74 Å². The lowest BCUT2D eigenvalue weighted by Crippen LogP contribution is -2.35. The fraction of sp³-hybridized carbons (Fsp3) is 1.00. The molecule has 1 nitrogen and oxygen atoms in total. The smallest absolute Gasteiger partial charge is 0.0507 e. The van der Waals surface area contributed by atoms with Crippen LogP contribution in [0.5, 0.6) is 0 Å². The van der Waals surface area contributed by atoms with Gasteiger partial charge in [0.05, 0.1) is 8.07 Å². The van der Waals surface area contributed by atoms with Crippen LogP contribution >= 0.6 is 0 Å². The molecule has 2 aliphatic carbocycles. The van der Waals surface area contributed by atoms with Crippen LogP contribution in [-0.4, -0.2) is 21.3 Å². The first-order chi connectivity index (χ1) is 12.1. The molecule has 2 saturated carbocycles. The molecule has 2 rings (SSSR count). The molecule has 25 heavy (non-hydrogen) atoms. The second kappa shape index (κ2) is 11.8. The average molecular weight is 367 g/mol. The number of fused-ring (bicyclic) bond motifs is 2. The number of hydrogen-bond acceptors (Lipinski definition) is 1. The fourth-order valence-electron chi connectivity index (χ4n) is 5.73. The highest BCUT2D eigenvalue weighted by molar-refractivity contribution is 6.78. The van der Waals surface area contributed by atoms with Crippen molar-refractivity contribution in [2.75, 3.05) is 13.2 Å². The highest BCUT2D eigenvalue weighted by atomic mass is 28.3. The lowest BCUT2D eigenvalue weighted by molar-refractivity contribution is 0.143. The Morgan fingerprint density at radius 1 is 0.760 bits per heavy atom. The van der Waals surface area contributed by atoms with Crippen LogP contribution in [0.1, 0.15) is 96.8 Å². The van der Waals surface area contributed by atoms with Crippen molar-refractivity contribution in [1.82, 2.24) is 0 Å². The van der Waals surface area contributed by atoms with Crippen LogP contribution in [0.15, 0.2) is 0 Å². The van der Waals surface area contributed by atoms with Crippen molar-refractivity contribution in [3.8, 4) is 0 Å². The van der Waals surface area contributed by atoms with Gasteiger partial charge in [-0.25, -0.2) is 0 Å². The predicted octanol–water partition coefficient (Wildman–Crippen LogP) is 7.82. The SMILES string of the molecule is CCOCCCCCCCCCCCC[Si](C)(C)C1CC2CCC1C2. The summed E-state index contributed by atoms with van der Waals surface area (Å²) in [5.74, 6) is 2.29. The lowest BCUT2D eigenvalue weighted by atomic mass is 10.0. The molecule has 2 fully saturated rings. The van der Waals surface area contributed by atoms with Crippen LogP contribution in [0.4, 0.5) is 0 Å². The molecule has 0 aromatic carbocycles.